The molecular weight excluding hydrogens is 174 g/mol. The third kappa shape index (κ3) is 1.53. The van der Waals surface area contributed by atoms with Crippen LogP contribution in [0.5, 0.6) is 0 Å². The lowest BCUT2D eigenvalue weighted by atomic mass is 10.2. The minimum absolute atomic E-state index is 0.168. The Morgan fingerprint density at radius 2 is 2.08 bits per heavy atom. The van der Waals surface area contributed by atoms with Crippen molar-refractivity contribution in [2.24, 2.45) is 10.2 Å². The lowest BCUT2D eigenvalue weighted by Crippen LogP contribution is -1.85. The van der Waals surface area contributed by atoms with Crippen molar-refractivity contribution in [2.75, 3.05) is 5.73 Å². The van der Waals surface area contributed by atoms with E-state index in [1.54, 1.807) is 12.1 Å². The molecule has 0 aromatic heterocycles. The summed E-state index contributed by atoms with van der Waals surface area (Å²) in [5, 5.41) is 4.88. The van der Waals surface area contributed by atoms with E-state index in [4.69, 9.17) is 5.73 Å². The highest BCUT2D eigenvalue weighted by Gasteiger charge is 2.02. The van der Waals surface area contributed by atoms with Crippen LogP contribution in [0.15, 0.2) is 28.4 Å². The molecule has 4 nitrogen and oxygen atoms in total. The van der Waals surface area contributed by atoms with Gasteiger partial charge in [0, 0.05) is 0 Å². The monoisotopic (exact) mass is 179 g/mol. The van der Waals surface area contributed by atoms with Crippen molar-refractivity contribution in [1.82, 2.24) is 0 Å². The molecule has 1 aromatic carbocycles. The van der Waals surface area contributed by atoms with Crippen molar-refractivity contribution < 1.29 is 0 Å². The second-order valence-corrected chi connectivity index (χ2v) is 2.19. The van der Waals surface area contributed by atoms with E-state index in [0.717, 1.165) is 0 Å². The standard InChI is InChI=1S/C7H5N3OS/c8-7-5(9-4-12)2-1-3-6(7)10-11/h1-3H,8H2. The van der Waals surface area contributed by atoms with Crippen molar-refractivity contribution in [2.45, 2.75) is 0 Å². The number of para-hydroxylation sites is 1. The molecule has 0 saturated carbocycles. The molecule has 0 unspecified atom stereocenters. The second-order valence-electron chi connectivity index (χ2n) is 2.00. The van der Waals surface area contributed by atoms with Gasteiger partial charge < -0.3 is 5.73 Å². The molecule has 1 rings (SSSR count). The van der Waals surface area contributed by atoms with E-state index in [0.29, 0.717) is 5.69 Å². The summed E-state index contributed by atoms with van der Waals surface area (Å²) < 4.78 is 0. The van der Waals surface area contributed by atoms with Crippen LogP contribution in [-0.4, -0.2) is 5.16 Å². The normalized spacial score (nSPS) is 8.67. The van der Waals surface area contributed by atoms with Crippen molar-refractivity contribution in [3.8, 4) is 0 Å². The van der Waals surface area contributed by atoms with Gasteiger partial charge in [0.1, 0.15) is 5.69 Å². The largest absolute Gasteiger partial charge is 0.395 e. The smallest absolute Gasteiger partial charge is 0.133 e. The maximum atomic E-state index is 10.2. The number of nitrogen functional groups attached to an aromatic ring is 1. The molecule has 0 saturated heterocycles. The highest BCUT2D eigenvalue weighted by molar-refractivity contribution is 7.78. The third-order valence-electron chi connectivity index (χ3n) is 1.32. The first-order valence-corrected chi connectivity index (χ1v) is 3.50. The fourth-order valence-corrected chi connectivity index (χ4v) is 0.866. The molecule has 1 aromatic rings. The summed E-state index contributed by atoms with van der Waals surface area (Å²) in [6.07, 6.45) is 0. The average Bonchev–Trinajstić information content (AvgIpc) is 2.09. The van der Waals surface area contributed by atoms with Crippen molar-refractivity contribution in [1.29, 1.82) is 0 Å². The molecule has 0 radical (unpaired) electrons. The van der Waals surface area contributed by atoms with Crippen LogP contribution in [0.4, 0.5) is 17.1 Å². The summed E-state index contributed by atoms with van der Waals surface area (Å²) in [6.45, 7) is 0. The van der Waals surface area contributed by atoms with E-state index in [1.165, 1.54) is 6.07 Å². The van der Waals surface area contributed by atoms with Crippen LogP contribution in [0.2, 0.25) is 0 Å². The topological polar surface area (TPSA) is 67.8 Å². The Labute approximate surface area is 74.1 Å². The van der Waals surface area contributed by atoms with Gasteiger partial charge in [0.15, 0.2) is 0 Å². The van der Waals surface area contributed by atoms with E-state index in [-0.39, 0.29) is 11.4 Å². The molecule has 0 aliphatic rings. The number of aliphatic imine (C=N–C) groups is 1. The quantitative estimate of drug-likeness (QED) is 0.328. The lowest BCUT2D eigenvalue weighted by molar-refractivity contribution is 1.46. The van der Waals surface area contributed by atoms with E-state index < -0.39 is 0 Å². The van der Waals surface area contributed by atoms with Crippen LogP contribution in [-0.2, 0) is 0 Å². The molecular formula is C7H5N3OS. The number of anilines is 1. The maximum absolute atomic E-state index is 10.2. The zero-order chi connectivity index (χ0) is 8.97. The summed E-state index contributed by atoms with van der Waals surface area (Å²) in [5.41, 5.74) is 6.32. The lowest BCUT2D eigenvalue weighted by Gasteiger charge is -1.98. The van der Waals surface area contributed by atoms with Crippen molar-refractivity contribution in [3.63, 3.8) is 0 Å². The van der Waals surface area contributed by atoms with Gasteiger partial charge in [-0.15, -0.1) is 4.91 Å². The van der Waals surface area contributed by atoms with Crippen molar-refractivity contribution >= 4 is 34.4 Å². The Balaban J connectivity index is 3.31. The molecule has 12 heavy (non-hydrogen) atoms. The van der Waals surface area contributed by atoms with Gasteiger partial charge in [-0.25, -0.2) is 0 Å². The predicted octanol–water partition coefficient (Wildman–Crippen LogP) is 2.40. The Morgan fingerprint density at radius 1 is 1.42 bits per heavy atom. The zero-order valence-electron chi connectivity index (χ0n) is 6.02. The average molecular weight is 179 g/mol. The fraction of sp³-hybridized carbons (Fsp3) is 0. The molecule has 0 fully saturated rings. The first-order chi connectivity index (χ1) is 5.79. The SMILES string of the molecule is Nc1c(N=O)cccc1N=C=S. The molecule has 0 bridgehead atoms. The molecule has 2 N–H and O–H groups in total. The van der Waals surface area contributed by atoms with Gasteiger partial charge in [-0.1, -0.05) is 6.07 Å². The summed E-state index contributed by atoms with van der Waals surface area (Å²) in [7, 11) is 0. The molecule has 0 spiro atoms. The molecule has 60 valence electrons. The summed E-state index contributed by atoms with van der Waals surface area (Å²) in [5.74, 6) is 0. The van der Waals surface area contributed by atoms with Crippen LogP contribution in [0.3, 0.4) is 0 Å². The van der Waals surface area contributed by atoms with Gasteiger partial charge in [-0.05, 0) is 29.5 Å². The van der Waals surface area contributed by atoms with Crippen LogP contribution in [0, 0.1) is 4.91 Å². The minimum Gasteiger partial charge on any atom is -0.395 e. The van der Waals surface area contributed by atoms with Gasteiger partial charge in [-0.3, -0.25) is 0 Å². The number of thiocarbonyl (C=S) groups is 1. The van der Waals surface area contributed by atoms with Gasteiger partial charge in [-0.2, -0.15) is 4.99 Å². The number of hydrogen-bond acceptors (Lipinski definition) is 5. The number of hydrogen-bond donors (Lipinski definition) is 1. The minimum atomic E-state index is 0.168. The van der Waals surface area contributed by atoms with E-state index in [9.17, 15) is 4.91 Å². The fourth-order valence-electron chi connectivity index (χ4n) is 0.767. The molecule has 0 aliphatic carbocycles. The third-order valence-corrected chi connectivity index (χ3v) is 1.42. The van der Waals surface area contributed by atoms with Crippen LogP contribution >= 0.6 is 12.2 Å². The zero-order valence-corrected chi connectivity index (χ0v) is 6.84. The van der Waals surface area contributed by atoms with Crippen molar-refractivity contribution in [3.05, 3.63) is 23.1 Å². The second kappa shape index (κ2) is 3.71. The van der Waals surface area contributed by atoms with Gasteiger partial charge in [0.05, 0.1) is 16.5 Å². The van der Waals surface area contributed by atoms with Gasteiger partial charge in [0.25, 0.3) is 0 Å². The summed E-state index contributed by atoms with van der Waals surface area (Å²) in [6, 6.07) is 4.76. The van der Waals surface area contributed by atoms with E-state index >= 15 is 0 Å². The first-order valence-electron chi connectivity index (χ1n) is 3.09. The number of isothiocyanates is 1. The summed E-state index contributed by atoms with van der Waals surface area (Å²) in [4.78, 5) is 13.8. The maximum Gasteiger partial charge on any atom is 0.133 e. The molecule has 0 heterocycles. The summed E-state index contributed by atoms with van der Waals surface area (Å²) >= 11 is 4.39. The molecule has 0 atom stereocenters. The predicted molar refractivity (Wildman–Crippen MR) is 51.0 cm³/mol. The molecule has 0 amide bonds. The Morgan fingerprint density at radius 3 is 2.67 bits per heavy atom. The van der Waals surface area contributed by atoms with E-state index in [1.807, 2.05) is 0 Å². The van der Waals surface area contributed by atoms with Crippen LogP contribution in [0.25, 0.3) is 0 Å². The number of nitrogens with two attached hydrogens (primary N) is 1. The molecule has 5 heteroatoms. The first kappa shape index (κ1) is 8.52. The van der Waals surface area contributed by atoms with Crippen LogP contribution < -0.4 is 5.73 Å². The number of rotatable bonds is 2. The number of nitroso groups, excluding NO2 is 1. The van der Waals surface area contributed by atoms with Gasteiger partial charge >= 0.3 is 0 Å². The van der Waals surface area contributed by atoms with Gasteiger partial charge in [0.2, 0.25) is 0 Å². The Hall–Kier alpha value is -1.58. The van der Waals surface area contributed by atoms with Crippen LogP contribution in [0.1, 0.15) is 0 Å². The Bertz CT molecular complexity index is 358. The Kier molecular flexibility index (Phi) is 2.63. The highest BCUT2D eigenvalue weighted by Crippen LogP contribution is 2.30. The number of nitrogens with zero attached hydrogens (tertiary/aromatic N) is 2. The van der Waals surface area contributed by atoms with E-state index in [2.05, 4.69) is 27.5 Å². The number of benzene rings is 1. The molecule has 0 aliphatic heterocycles. The highest BCUT2D eigenvalue weighted by atomic mass is 32.1.